The van der Waals surface area contributed by atoms with Gasteiger partial charge in [-0.1, -0.05) is 69.8 Å². The molecule has 0 saturated heterocycles. The van der Waals surface area contributed by atoms with Crippen LogP contribution in [-0.4, -0.2) is 7.11 Å². The van der Waals surface area contributed by atoms with E-state index in [0.717, 1.165) is 30.3 Å². The zero-order chi connectivity index (χ0) is 14.0. The Kier molecular flexibility index (Phi) is 5.52. The summed E-state index contributed by atoms with van der Waals surface area (Å²) in [5.41, 5.74) is 2.24. The normalized spacial score (nSPS) is 12.3. The van der Waals surface area contributed by atoms with Crippen LogP contribution in [0.25, 0.3) is 0 Å². The molecule has 0 fully saturated rings. The Bertz CT molecular complexity index is 598. The van der Waals surface area contributed by atoms with Gasteiger partial charge < -0.3 is 4.74 Å². The molecular formula is C14H10Br4O. The monoisotopic (exact) mass is 510 g/mol. The number of hydrogen-bond acceptors (Lipinski definition) is 1. The van der Waals surface area contributed by atoms with Crippen LogP contribution in [-0.2, 0) is 0 Å². The molecule has 2 aromatic rings. The number of alkyl halides is 1. The van der Waals surface area contributed by atoms with Crippen LogP contribution in [0.5, 0.6) is 5.75 Å². The Morgan fingerprint density at radius 2 is 1.53 bits per heavy atom. The van der Waals surface area contributed by atoms with E-state index < -0.39 is 0 Å². The van der Waals surface area contributed by atoms with E-state index in [1.165, 1.54) is 0 Å². The van der Waals surface area contributed by atoms with Crippen LogP contribution in [0.3, 0.4) is 0 Å². The van der Waals surface area contributed by atoms with Crippen LogP contribution in [0.2, 0.25) is 0 Å². The van der Waals surface area contributed by atoms with Crippen LogP contribution in [0, 0.1) is 0 Å². The van der Waals surface area contributed by atoms with E-state index in [9.17, 15) is 0 Å². The van der Waals surface area contributed by atoms with Crippen LogP contribution in [0.15, 0.2) is 49.8 Å². The van der Waals surface area contributed by atoms with Crippen molar-refractivity contribution < 1.29 is 4.74 Å². The largest absolute Gasteiger partial charge is 0.496 e. The fourth-order valence-corrected chi connectivity index (χ4v) is 4.50. The van der Waals surface area contributed by atoms with Crippen molar-refractivity contribution in [3.8, 4) is 5.75 Å². The van der Waals surface area contributed by atoms with Gasteiger partial charge in [-0.05, 0) is 35.9 Å². The summed E-state index contributed by atoms with van der Waals surface area (Å²) >= 11 is 14.3. The van der Waals surface area contributed by atoms with E-state index in [2.05, 4.69) is 75.9 Å². The first-order valence-corrected chi connectivity index (χ1v) is 8.75. The average Bonchev–Trinajstić information content (AvgIpc) is 2.38. The predicted octanol–water partition coefficient (Wildman–Crippen LogP) is 6.47. The Balaban J connectivity index is 2.49. The molecule has 0 heterocycles. The summed E-state index contributed by atoms with van der Waals surface area (Å²) in [4.78, 5) is 0.0578. The van der Waals surface area contributed by atoms with Gasteiger partial charge in [0.05, 0.1) is 11.9 Å². The van der Waals surface area contributed by atoms with Gasteiger partial charge in [0, 0.05) is 19.0 Å². The number of benzene rings is 2. The Labute approximate surface area is 146 Å². The molecule has 0 aromatic heterocycles. The van der Waals surface area contributed by atoms with Gasteiger partial charge >= 0.3 is 0 Å². The number of hydrogen-bond donors (Lipinski definition) is 0. The molecule has 0 bridgehead atoms. The van der Waals surface area contributed by atoms with Gasteiger partial charge in [-0.15, -0.1) is 0 Å². The van der Waals surface area contributed by atoms with E-state index in [1.54, 1.807) is 7.11 Å². The maximum absolute atomic E-state index is 5.43. The fraction of sp³-hybridized carbons (Fsp3) is 0.143. The number of ether oxygens (including phenoxy) is 1. The highest BCUT2D eigenvalue weighted by Gasteiger charge is 2.18. The molecule has 0 aliphatic heterocycles. The van der Waals surface area contributed by atoms with E-state index >= 15 is 0 Å². The molecule has 2 aromatic carbocycles. The molecule has 100 valence electrons. The summed E-state index contributed by atoms with van der Waals surface area (Å²) < 4.78 is 8.55. The highest BCUT2D eigenvalue weighted by atomic mass is 79.9. The highest BCUT2D eigenvalue weighted by Crippen LogP contribution is 2.41. The SMILES string of the molecule is COc1ccc(Br)cc1C(Br)c1ccc(Br)cc1Br. The summed E-state index contributed by atoms with van der Waals surface area (Å²) in [6.45, 7) is 0. The van der Waals surface area contributed by atoms with Crippen molar-refractivity contribution in [3.05, 3.63) is 60.9 Å². The third-order valence-corrected chi connectivity index (χ3v) is 5.36. The number of halogens is 4. The Hall–Kier alpha value is 0.160. The summed E-state index contributed by atoms with van der Waals surface area (Å²) in [5, 5.41) is 0. The Morgan fingerprint density at radius 1 is 0.895 bits per heavy atom. The van der Waals surface area contributed by atoms with Crippen molar-refractivity contribution in [2.24, 2.45) is 0 Å². The van der Waals surface area contributed by atoms with Crippen LogP contribution in [0.1, 0.15) is 16.0 Å². The maximum Gasteiger partial charge on any atom is 0.123 e. The summed E-state index contributed by atoms with van der Waals surface area (Å²) in [5.74, 6) is 0.861. The number of rotatable bonds is 3. The fourth-order valence-electron chi connectivity index (χ4n) is 1.78. The molecule has 0 spiro atoms. The lowest BCUT2D eigenvalue weighted by Crippen LogP contribution is -1.98. The lowest BCUT2D eigenvalue weighted by atomic mass is 10.0. The van der Waals surface area contributed by atoms with E-state index in [4.69, 9.17) is 4.74 Å². The van der Waals surface area contributed by atoms with Gasteiger partial charge in [-0.25, -0.2) is 0 Å². The second-order valence-corrected chi connectivity index (χ2v) is 7.52. The van der Waals surface area contributed by atoms with E-state index in [-0.39, 0.29) is 4.83 Å². The smallest absolute Gasteiger partial charge is 0.123 e. The molecule has 0 aliphatic rings. The van der Waals surface area contributed by atoms with Crippen molar-refractivity contribution in [1.29, 1.82) is 0 Å². The molecule has 1 nitrogen and oxygen atoms in total. The second kappa shape index (κ2) is 6.74. The van der Waals surface area contributed by atoms with Gasteiger partial charge in [0.1, 0.15) is 5.75 Å². The van der Waals surface area contributed by atoms with Crippen LogP contribution < -0.4 is 4.74 Å². The molecule has 0 radical (unpaired) electrons. The van der Waals surface area contributed by atoms with Gasteiger partial charge in [0.2, 0.25) is 0 Å². The van der Waals surface area contributed by atoms with Gasteiger partial charge in [-0.3, -0.25) is 0 Å². The van der Waals surface area contributed by atoms with E-state index in [0.29, 0.717) is 0 Å². The molecule has 1 unspecified atom stereocenters. The van der Waals surface area contributed by atoms with Crippen molar-refractivity contribution >= 4 is 63.7 Å². The third kappa shape index (κ3) is 3.63. The molecular weight excluding hydrogens is 504 g/mol. The minimum absolute atomic E-state index is 0.0578. The molecule has 0 amide bonds. The topological polar surface area (TPSA) is 9.23 Å². The van der Waals surface area contributed by atoms with E-state index in [1.807, 2.05) is 24.3 Å². The summed E-state index contributed by atoms with van der Waals surface area (Å²) in [6, 6.07) is 12.1. The minimum atomic E-state index is 0.0578. The molecule has 5 heteroatoms. The quantitative estimate of drug-likeness (QED) is 0.428. The first-order chi connectivity index (χ1) is 9.02. The zero-order valence-corrected chi connectivity index (χ0v) is 16.3. The standard InChI is InChI=1S/C14H10Br4O/c1-19-13-5-3-8(15)6-11(13)14(18)10-4-2-9(16)7-12(10)17/h2-7,14H,1H3. The predicted molar refractivity (Wildman–Crippen MR) is 93.3 cm³/mol. The lowest BCUT2D eigenvalue weighted by molar-refractivity contribution is 0.410. The Morgan fingerprint density at radius 3 is 2.16 bits per heavy atom. The molecule has 0 aliphatic carbocycles. The van der Waals surface area contributed by atoms with Crippen molar-refractivity contribution in [1.82, 2.24) is 0 Å². The maximum atomic E-state index is 5.43. The number of methoxy groups -OCH3 is 1. The molecule has 1 atom stereocenters. The first-order valence-electron chi connectivity index (χ1n) is 5.45. The van der Waals surface area contributed by atoms with Gasteiger partial charge in [-0.2, -0.15) is 0 Å². The molecule has 0 N–H and O–H groups in total. The molecule has 0 saturated carbocycles. The van der Waals surface area contributed by atoms with Gasteiger partial charge in [0.15, 0.2) is 0 Å². The van der Waals surface area contributed by atoms with Crippen molar-refractivity contribution in [3.63, 3.8) is 0 Å². The molecule has 2 rings (SSSR count). The van der Waals surface area contributed by atoms with Crippen LogP contribution >= 0.6 is 63.7 Å². The molecule has 19 heavy (non-hydrogen) atoms. The van der Waals surface area contributed by atoms with Crippen LogP contribution in [0.4, 0.5) is 0 Å². The average molecular weight is 514 g/mol. The first kappa shape index (κ1) is 15.5. The summed E-state index contributed by atoms with van der Waals surface area (Å²) in [7, 11) is 1.68. The zero-order valence-electron chi connectivity index (χ0n) is 9.96. The minimum Gasteiger partial charge on any atom is -0.496 e. The van der Waals surface area contributed by atoms with Crippen molar-refractivity contribution in [2.45, 2.75) is 4.83 Å². The van der Waals surface area contributed by atoms with Crippen molar-refractivity contribution in [2.75, 3.05) is 7.11 Å². The highest BCUT2D eigenvalue weighted by molar-refractivity contribution is 9.11. The van der Waals surface area contributed by atoms with Gasteiger partial charge in [0.25, 0.3) is 0 Å². The second-order valence-electron chi connectivity index (χ2n) is 3.91. The summed E-state index contributed by atoms with van der Waals surface area (Å²) in [6.07, 6.45) is 0. The third-order valence-electron chi connectivity index (χ3n) is 2.70. The lowest BCUT2D eigenvalue weighted by Gasteiger charge is -2.16.